The zero-order valence-corrected chi connectivity index (χ0v) is 7.53. The van der Waals surface area contributed by atoms with E-state index in [4.69, 9.17) is 4.42 Å². The molecule has 0 N–H and O–H groups in total. The first-order valence-electron chi connectivity index (χ1n) is 4.38. The van der Waals surface area contributed by atoms with Crippen molar-refractivity contribution in [2.75, 3.05) is 0 Å². The minimum absolute atomic E-state index is 0.914. The summed E-state index contributed by atoms with van der Waals surface area (Å²) in [5.41, 5.74) is 2.27. The van der Waals surface area contributed by atoms with E-state index in [0.29, 0.717) is 0 Å². The molecule has 0 unspecified atom stereocenters. The number of furan rings is 1. The molecule has 2 aromatic rings. The standard InChI is InChI=1S/C11H11NO/c1-2-11-10(5-7-13-11)9-4-3-6-12-8-9/h3-8H,2H2,1H3. The van der Waals surface area contributed by atoms with Crippen LogP contribution >= 0.6 is 0 Å². The molecule has 0 aliphatic carbocycles. The molecule has 0 atom stereocenters. The molecule has 0 bridgehead atoms. The summed E-state index contributed by atoms with van der Waals surface area (Å²) < 4.78 is 5.34. The van der Waals surface area contributed by atoms with Gasteiger partial charge in [-0.1, -0.05) is 13.0 Å². The monoisotopic (exact) mass is 173 g/mol. The van der Waals surface area contributed by atoms with Gasteiger partial charge < -0.3 is 4.42 Å². The molecule has 0 radical (unpaired) electrons. The average Bonchev–Trinajstić information content (AvgIpc) is 2.67. The molecule has 0 spiro atoms. The third-order valence-electron chi connectivity index (χ3n) is 2.04. The molecule has 0 aliphatic heterocycles. The maximum atomic E-state index is 5.34. The van der Waals surface area contributed by atoms with Gasteiger partial charge in [0.25, 0.3) is 0 Å². The molecule has 0 aliphatic rings. The smallest absolute Gasteiger partial charge is 0.111 e. The highest BCUT2D eigenvalue weighted by molar-refractivity contribution is 5.64. The van der Waals surface area contributed by atoms with Crippen molar-refractivity contribution in [1.29, 1.82) is 0 Å². The van der Waals surface area contributed by atoms with Crippen LogP contribution in [0.3, 0.4) is 0 Å². The molecule has 2 nitrogen and oxygen atoms in total. The Balaban J connectivity index is 2.47. The molecule has 0 saturated heterocycles. The molecule has 0 amide bonds. The Hall–Kier alpha value is -1.57. The van der Waals surface area contributed by atoms with Crippen molar-refractivity contribution in [2.24, 2.45) is 0 Å². The van der Waals surface area contributed by atoms with Crippen LogP contribution in [0.2, 0.25) is 0 Å². The zero-order valence-electron chi connectivity index (χ0n) is 7.53. The van der Waals surface area contributed by atoms with Crippen LogP contribution in [0.15, 0.2) is 41.3 Å². The normalized spacial score (nSPS) is 10.2. The van der Waals surface area contributed by atoms with E-state index in [1.807, 2.05) is 24.4 Å². The Morgan fingerprint density at radius 2 is 2.31 bits per heavy atom. The Bertz CT molecular complexity index is 378. The quantitative estimate of drug-likeness (QED) is 0.697. The number of pyridine rings is 1. The lowest BCUT2D eigenvalue weighted by atomic mass is 10.1. The second kappa shape index (κ2) is 3.44. The summed E-state index contributed by atoms with van der Waals surface area (Å²) in [6, 6.07) is 5.95. The van der Waals surface area contributed by atoms with Crippen molar-refractivity contribution >= 4 is 0 Å². The summed E-state index contributed by atoms with van der Waals surface area (Å²) in [6.45, 7) is 2.08. The number of rotatable bonds is 2. The van der Waals surface area contributed by atoms with Gasteiger partial charge in [0.15, 0.2) is 0 Å². The lowest BCUT2D eigenvalue weighted by Gasteiger charge is -1.98. The van der Waals surface area contributed by atoms with Gasteiger partial charge in [0.2, 0.25) is 0 Å². The van der Waals surface area contributed by atoms with Gasteiger partial charge in [-0.3, -0.25) is 4.98 Å². The summed E-state index contributed by atoms with van der Waals surface area (Å²) in [4.78, 5) is 4.07. The van der Waals surface area contributed by atoms with Gasteiger partial charge in [-0.25, -0.2) is 0 Å². The van der Waals surface area contributed by atoms with E-state index in [2.05, 4.69) is 11.9 Å². The predicted molar refractivity (Wildman–Crippen MR) is 51.3 cm³/mol. The Labute approximate surface area is 77.2 Å². The molecule has 0 fully saturated rings. The fraction of sp³-hybridized carbons (Fsp3) is 0.182. The summed E-state index contributed by atoms with van der Waals surface area (Å²) in [6.07, 6.45) is 6.26. The van der Waals surface area contributed by atoms with Crippen molar-refractivity contribution < 1.29 is 4.42 Å². The SMILES string of the molecule is CCc1occc1-c1cccnc1. The van der Waals surface area contributed by atoms with Crippen LogP contribution in [0.1, 0.15) is 12.7 Å². The van der Waals surface area contributed by atoms with E-state index in [0.717, 1.165) is 23.3 Å². The molecule has 2 aromatic heterocycles. The highest BCUT2D eigenvalue weighted by atomic mass is 16.3. The number of hydrogen-bond donors (Lipinski definition) is 0. The first-order chi connectivity index (χ1) is 6.42. The van der Waals surface area contributed by atoms with Crippen LogP contribution in [0, 0.1) is 0 Å². The Kier molecular flexibility index (Phi) is 2.13. The molecular weight excluding hydrogens is 162 g/mol. The zero-order chi connectivity index (χ0) is 9.10. The van der Waals surface area contributed by atoms with E-state index >= 15 is 0 Å². The average molecular weight is 173 g/mol. The molecule has 2 heterocycles. The molecule has 2 rings (SSSR count). The highest BCUT2D eigenvalue weighted by Crippen LogP contribution is 2.23. The van der Waals surface area contributed by atoms with Crippen LogP contribution in [-0.4, -0.2) is 4.98 Å². The third kappa shape index (κ3) is 1.47. The maximum Gasteiger partial charge on any atom is 0.111 e. The second-order valence-corrected chi connectivity index (χ2v) is 2.85. The van der Waals surface area contributed by atoms with Gasteiger partial charge in [-0.2, -0.15) is 0 Å². The van der Waals surface area contributed by atoms with Crippen LogP contribution in [0.4, 0.5) is 0 Å². The van der Waals surface area contributed by atoms with Crippen LogP contribution in [0.25, 0.3) is 11.1 Å². The van der Waals surface area contributed by atoms with E-state index in [1.165, 1.54) is 0 Å². The summed E-state index contributed by atoms with van der Waals surface area (Å²) >= 11 is 0. The highest BCUT2D eigenvalue weighted by Gasteiger charge is 2.05. The van der Waals surface area contributed by atoms with Crippen LogP contribution < -0.4 is 0 Å². The van der Waals surface area contributed by atoms with Crippen molar-refractivity contribution in [3.8, 4) is 11.1 Å². The van der Waals surface area contributed by atoms with Gasteiger partial charge in [0.05, 0.1) is 6.26 Å². The Morgan fingerprint density at radius 3 is 3.00 bits per heavy atom. The molecular formula is C11H11NO. The summed E-state index contributed by atoms with van der Waals surface area (Å²) in [5.74, 6) is 1.02. The summed E-state index contributed by atoms with van der Waals surface area (Å²) in [7, 11) is 0. The van der Waals surface area contributed by atoms with Gasteiger partial charge in [0, 0.05) is 29.9 Å². The molecule has 2 heteroatoms. The topological polar surface area (TPSA) is 26.0 Å². The lowest BCUT2D eigenvalue weighted by molar-refractivity contribution is 0.517. The van der Waals surface area contributed by atoms with Crippen molar-refractivity contribution in [2.45, 2.75) is 13.3 Å². The molecule has 13 heavy (non-hydrogen) atoms. The molecule has 0 aromatic carbocycles. The van der Waals surface area contributed by atoms with Gasteiger partial charge >= 0.3 is 0 Å². The first-order valence-corrected chi connectivity index (χ1v) is 4.38. The first kappa shape index (κ1) is 8.05. The third-order valence-corrected chi connectivity index (χ3v) is 2.04. The van der Waals surface area contributed by atoms with E-state index in [-0.39, 0.29) is 0 Å². The van der Waals surface area contributed by atoms with E-state index in [9.17, 15) is 0 Å². The van der Waals surface area contributed by atoms with Crippen LogP contribution in [-0.2, 0) is 6.42 Å². The Morgan fingerprint density at radius 1 is 1.38 bits per heavy atom. The molecule has 66 valence electrons. The van der Waals surface area contributed by atoms with Gasteiger partial charge in [0.1, 0.15) is 5.76 Å². The van der Waals surface area contributed by atoms with Gasteiger partial charge in [-0.15, -0.1) is 0 Å². The van der Waals surface area contributed by atoms with Crippen molar-refractivity contribution in [3.63, 3.8) is 0 Å². The fourth-order valence-electron chi connectivity index (χ4n) is 1.39. The van der Waals surface area contributed by atoms with Gasteiger partial charge in [-0.05, 0) is 12.1 Å². The number of aryl methyl sites for hydroxylation is 1. The van der Waals surface area contributed by atoms with Crippen LogP contribution in [0.5, 0.6) is 0 Å². The number of nitrogens with zero attached hydrogens (tertiary/aromatic N) is 1. The predicted octanol–water partition coefficient (Wildman–Crippen LogP) is 2.90. The number of aromatic nitrogens is 1. The minimum atomic E-state index is 0.914. The van der Waals surface area contributed by atoms with Crippen molar-refractivity contribution in [1.82, 2.24) is 4.98 Å². The van der Waals surface area contributed by atoms with Crippen molar-refractivity contribution in [3.05, 3.63) is 42.6 Å². The van der Waals surface area contributed by atoms with E-state index < -0.39 is 0 Å². The number of hydrogen-bond acceptors (Lipinski definition) is 2. The molecule has 0 saturated carbocycles. The van der Waals surface area contributed by atoms with E-state index in [1.54, 1.807) is 12.5 Å². The fourth-order valence-corrected chi connectivity index (χ4v) is 1.39. The minimum Gasteiger partial charge on any atom is -0.469 e. The maximum absolute atomic E-state index is 5.34. The largest absolute Gasteiger partial charge is 0.469 e. The summed E-state index contributed by atoms with van der Waals surface area (Å²) in [5, 5.41) is 0. The lowest BCUT2D eigenvalue weighted by Crippen LogP contribution is -1.81. The second-order valence-electron chi connectivity index (χ2n) is 2.85.